The number of carbonyl (C=O) groups is 1. The molecule has 0 radical (unpaired) electrons. The average molecular weight is 330 g/mol. The fourth-order valence-electron chi connectivity index (χ4n) is 0.953. The van der Waals surface area contributed by atoms with Crippen molar-refractivity contribution in [1.29, 1.82) is 0 Å². The van der Waals surface area contributed by atoms with Crippen molar-refractivity contribution in [2.45, 2.75) is 32.1 Å². The van der Waals surface area contributed by atoms with Crippen LogP contribution in [0.1, 0.15) is 20.8 Å². The molecule has 108 valence electrons. The molecule has 4 nitrogen and oxygen atoms in total. The Bertz CT molecular complexity index is 546. The normalized spacial score (nSPS) is 11.7. The Morgan fingerprint density at radius 3 is 2.16 bits per heavy atom. The second kappa shape index (κ2) is 6.10. The molecule has 1 heterocycles. The zero-order valence-electron chi connectivity index (χ0n) is 10.3. The summed E-state index contributed by atoms with van der Waals surface area (Å²) in [6, 6.07) is 0. The minimum atomic E-state index is -2.76. The van der Waals surface area contributed by atoms with Crippen LogP contribution in [0.3, 0.4) is 0 Å². The predicted octanol–water partition coefficient (Wildman–Crippen LogP) is 2.40. The van der Waals surface area contributed by atoms with Crippen LogP contribution in [0.5, 0.6) is 0 Å². The zero-order chi connectivity index (χ0) is 14.8. The number of hydrogen-bond donors (Lipinski definition) is 2. The minimum absolute atomic E-state index is 0.0903. The van der Waals surface area contributed by atoms with Crippen molar-refractivity contribution in [3.8, 4) is 0 Å². The molecule has 1 rings (SSSR count). The SMILES string of the molecule is CC(C)(C)OC(=O)C(SC(F)F)=c1sc(=C(O)O)s1. The summed E-state index contributed by atoms with van der Waals surface area (Å²) in [4.78, 5) is 11.6. The Hall–Kier alpha value is -0.800. The molecule has 1 aromatic rings. The topological polar surface area (TPSA) is 66.8 Å². The summed E-state index contributed by atoms with van der Waals surface area (Å²) in [6.07, 6.45) is 0. The highest BCUT2D eigenvalue weighted by Crippen LogP contribution is 2.27. The lowest BCUT2D eigenvalue weighted by Crippen LogP contribution is -2.27. The molecule has 1 aromatic heterocycles. The number of hydrogen-bond acceptors (Lipinski definition) is 7. The summed E-state index contributed by atoms with van der Waals surface area (Å²) in [5, 5.41) is 17.6. The van der Waals surface area contributed by atoms with Crippen LogP contribution < -0.4 is 7.69 Å². The fraction of sp³-hybridized carbons (Fsp3) is 0.500. The van der Waals surface area contributed by atoms with Crippen LogP contribution in [-0.4, -0.2) is 27.5 Å². The van der Waals surface area contributed by atoms with Crippen LogP contribution in [0.15, 0.2) is 0 Å². The molecular weight excluding hydrogens is 318 g/mol. The first-order valence-corrected chi connectivity index (χ1v) is 7.51. The quantitative estimate of drug-likeness (QED) is 0.833. The maximum absolute atomic E-state index is 12.4. The number of aliphatic hydroxyl groups excluding tert-OH is 1. The van der Waals surface area contributed by atoms with Crippen molar-refractivity contribution >= 4 is 51.3 Å². The van der Waals surface area contributed by atoms with Gasteiger partial charge < -0.3 is 14.9 Å². The molecule has 0 fully saturated rings. The van der Waals surface area contributed by atoms with E-state index in [1.165, 1.54) is 0 Å². The van der Waals surface area contributed by atoms with Crippen molar-refractivity contribution in [2.75, 3.05) is 0 Å². The lowest BCUT2D eigenvalue weighted by Gasteiger charge is -2.20. The molecule has 0 spiro atoms. The molecule has 0 aromatic carbocycles. The van der Waals surface area contributed by atoms with E-state index in [1.807, 2.05) is 0 Å². The molecule has 0 aliphatic heterocycles. The van der Waals surface area contributed by atoms with Gasteiger partial charge in [-0.15, -0.1) is 22.7 Å². The molecule has 0 unspecified atom stereocenters. The summed E-state index contributed by atoms with van der Waals surface area (Å²) in [6.45, 7) is 4.89. The molecule has 0 aliphatic rings. The van der Waals surface area contributed by atoms with Gasteiger partial charge in [-0.2, -0.15) is 8.78 Å². The Labute approximate surface area is 120 Å². The molecule has 2 N–H and O–H groups in total. The van der Waals surface area contributed by atoms with E-state index in [0.29, 0.717) is 0 Å². The first kappa shape index (κ1) is 16.3. The van der Waals surface area contributed by atoms with E-state index in [9.17, 15) is 13.6 Å². The highest BCUT2D eigenvalue weighted by molar-refractivity contribution is 8.09. The Morgan fingerprint density at radius 2 is 1.79 bits per heavy atom. The van der Waals surface area contributed by atoms with Crippen molar-refractivity contribution in [2.24, 2.45) is 0 Å². The van der Waals surface area contributed by atoms with Crippen molar-refractivity contribution in [1.82, 2.24) is 0 Å². The maximum atomic E-state index is 12.4. The van der Waals surface area contributed by atoms with Crippen LogP contribution in [0.2, 0.25) is 0 Å². The Morgan fingerprint density at radius 1 is 1.26 bits per heavy atom. The monoisotopic (exact) mass is 330 g/mol. The number of rotatable bonds is 3. The fourth-order valence-corrected chi connectivity index (χ4v) is 3.54. The van der Waals surface area contributed by atoms with E-state index in [0.717, 1.165) is 22.7 Å². The van der Waals surface area contributed by atoms with Gasteiger partial charge in [0.2, 0.25) is 0 Å². The number of halogens is 2. The maximum Gasteiger partial charge on any atom is 0.347 e. The van der Waals surface area contributed by atoms with Gasteiger partial charge in [0.25, 0.3) is 5.76 Å². The number of thioether (sulfide) groups is 1. The van der Waals surface area contributed by atoms with Gasteiger partial charge in [-0.1, -0.05) is 0 Å². The molecule has 0 amide bonds. The summed E-state index contributed by atoms with van der Waals surface area (Å²) in [5.41, 5.74) is -0.789. The summed E-state index contributed by atoms with van der Waals surface area (Å²) in [5.74, 6) is -4.49. The van der Waals surface area contributed by atoms with Gasteiger partial charge in [-0.3, -0.25) is 0 Å². The van der Waals surface area contributed by atoms with Gasteiger partial charge in [-0.05, 0) is 32.5 Å². The zero-order valence-corrected chi connectivity index (χ0v) is 12.7. The first-order chi connectivity index (χ1) is 8.60. The van der Waals surface area contributed by atoms with Gasteiger partial charge in [0.1, 0.15) is 14.4 Å². The van der Waals surface area contributed by atoms with Crippen LogP contribution in [0.25, 0.3) is 10.9 Å². The van der Waals surface area contributed by atoms with E-state index in [2.05, 4.69) is 0 Å². The van der Waals surface area contributed by atoms with Crippen LogP contribution >= 0.6 is 34.4 Å². The molecular formula is C10H12F2O4S3. The number of carbonyl (C=O) groups excluding carboxylic acids is 1. The van der Waals surface area contributed by atoms with Gasteiger partial charge in [-0.25, -0.2) is 4.79 Å². The molecule has 0 saturated heterocycles. The van der Waals surface area contributed by atoms with E-state index in [-0.39, 0.29) is 24.4 Å². The Balaban J connectivity index is 3.13. The van der Waals surface area contributed by atoms with Gasteiger partial charge >= 0.3 is 11.9 Å². The molecule has 0 atom stereocenters. The molecule has 0 saturated carbocycles. The van der Waals surface area contributed by atoms with Gasteiger partial charge in [0.15, 0.2) is 3.85 Å². The third-order valence-electron chi connectivity index (χ3n) is 1.53. The first-order valence-electron chi connectivity index (χ1n) is 5.00. The third kappa shape index (κ3) is 5.00. The van der Waals surface area contributed by atoms with Gasteiger partial charge in [0.05, 0.1) is 0 Å². The van der Waals surface area contributed by atoms with Crippen molar-refractivity contribution < 1.29 is 28.5 Å². The van der Waals surface area contributed by atoms with Crippen molar-refractivity contribution in [3.05, 3.63) is 7.69 Å². The van der Waals surface area contributed by atoms with Crippen LogP contribution in [0, 0.1) is 0 Å². The Kier molecular flexibility index (Phi) is 5.22. The molecule has 0 aliphatic carbocycles. The van der Waals surface area contributed by atoms with Crippen LogP contribution in [-0.2, 0) is 9.53 Å². The smallest absolute Gasteiger partial charge is 0.347 e. The van der Waals surface area contributed by atoms with E-state index >= 15 is 0 Å². The lowest BCUT2D eigenvalue weighted by molar-refractivity contribution is -0.146. The largest absolute Gasteiger partial charge is 0.479 e. The molecule has 19 heavy (non-hydrogen) atoms. The second-order valence-electron chi connectivity index (χ2n) is 4.31. The van der Waals surface area contributed by atoms with E-state index in [4.69, 9.17) is 14.9 Å². The highest BCUT2D eigenvalue weighted by atomic mass is 32.2. The van der Waals surface area contributed by atoms with Crippen molar-refractivity contribution in [3.63, 3.8) is 0 Å². The van der Waals surface area contributed by atoms with Gasteiger partial charge in [0, 0.05) is 0 Å². The third-order valence-corrected chi connectivity index (χ3v) is 5.09. The average Bonchev–Trinajstić information content (AvgIpc) is 2.09. The second-order valence-corrected chi connectivity index (χ2v) is 7.87. The summed E-state index contributed by atoms with van der Waals surface area (Å²) >= 11 is 1.80. The standard InChI is InChI=1S/C10H12F2O4S3/c1-10(2,3)16-6(15)4(17-9(11)12)7-18-8(19-7)5(13)14/h9,13-14H,1-3H3. The number of esters is 1. The van der Waals surface area contributed by atoms with Crippen LogP contribution in [0.4, 0.5) is 8.78 Å². The summed E-state index contributed by atoms with van der Waals surface area (Å²) in [7, 11) is 0. The number of ether oxygens (including phenoxy) is 1. The minimum Gasteiger partial charge on any atom is -0.479 e. The lowest BCUT2D eigenvalue weighted by atomic mass is 10.2. The predicted molar refractivity (Wildman–Crippen MR) is 73.0 cm³/mol. The molecule has 9 heteroatoms. The molecule has 0 bridgehead atoms. The van der Waals surface area contributed by atoms with E-state index in [1.54, 1.807) is 20.8 Å². The van der Waals surface area contributed by atoms with E-state index < -0.39 is 23.3 Å². The highest BCUT2D eigenvalue weighted by Gasteiger charge is 2.25. The number of aliphatic hydroxyl groups is 2. The number of alkyl halides is 2. The summed E-state index contributed by atoms with van der Waals surface area (Å²) < 4.78 is 30.4.